The van der Waals surface area contributed by atoms with Gasteiger partial charge in [-0.15, -0.1) is 0 Å². The summed E-state index contributed by atoms with van der Waals surface area (Å²) >= 11 is 13.5. The van der Waals surface area contributed by atoms with Crippen LogP contribution in [-0.2, 0) is 18.0 Å². The fourth-order valence-electron chi connectivity index (χ4n) is 4.30. The third kappa shape index (κ3) is 7.30. The SMILES string of the molecule is O=C(c1ccccc1)c1ccc(C(=Nc2nc3ccc(OCc4ccc(Cl)cc4)cc3s2)OCc2ccc(Cl)cc2)cc1. The van der Waals surface area contributed by atoms with Crippen LogP contribution < -0.4 is 4.74 Å². The molecule has 6 aromatic rings. The zero-order valence-electron chi connectivity index (χ0n) is 22.7. The Hall–Kier alpha value is -4.49. The van der Waals surface area contributed by atoms with Gasteiger partial charge in [0.1, 0.15) is 19.0 Å². The van der Waals surface area contributed by atoms with Crippen molar-refractivity contribution < 1.29 is 14.3 Å². The molecule has 8 heteroatoms. The summed E-state index contributed by atoms with van der Waals surface area (Å²) in [6, 6.07) is 37.3. The average molecular weight is 624 g/mol. The van der Waals surface area contributed by atoms with Gasteiger partial charge in [-0.25, -0.2) is 4.98 Å². The molecule has 0 fully saturated rings. The molecule has 0 unspecified atom stereocenters. The van der Waals surface area contributed by atoms with Gasteiger partial charge in [0, 0.05) is 26.7 Å². The number of aliphatic imine (C=N–C) groups is 1. The van der Waals surface area contributed by atoms with Crippen LogP contribution >= 0.6 is 34.5 Å². The number of fused-ring (bicyclic) bond motifs is 1. The van der Waals surface area contributed by atoms with Crippen LogP contribution in [-0.4, -0.2) is 16.7 Å². The van der Waals surface area contributed by atoms with E-state index in [0.29, 0.717) is 38.8 Å². The second-order valence-electron chi connectivity index (χ2n) is 9.65. The van der Waals surface area contributed by atoms with E-state index >= 15 is 0 Å². The summed E-state index contributed by atoms with van der Waals surface area (Å²) in [5.74, 6) is 1.08. The van der Waals surface area contributed by atoms with Gasteiger partial charge in [-0.05, 0) is 65.7 Å². The highest BCUT2D eigenvalue weighted by Crippen LogP contribution is 2.32. The average Bonchev–Trinajstić information content (AvgIpc) is 3.45. The molecule has 1 aromatic heterocycles. The number of carbonyl (C=O) groups is 1. The van der Waals surface area contributed by atoms with Crippen molar-refractivity contribution in [2.45, 2.75) is 13.2 Å². The van der Waals surface area contributed by atoms with Gasteiger partial charge in [-0.2, -0.15) is 4.99 Å². The number of ketones is 1. The maximum absolute atomic E-state index is 12.9. The van der Waals surface area contributed by atoms with Crippen molar-refractivity contribution in [2.24, 2.45) is 4.99 Å². The van der Waals surface area contributed by atoms with Crippen LogP contribution in [0.25, 0.3) is 10.2 Å². The van der Waals surface area contributed by atoms with E-state index in [1.807, 2.05) is 97.1 Å². The van der Waals surface area contributed by atoms with Crippen LogP contribution in [0.2, 0.25) is 10.0 Å². The zero-order chi connectivity index (χ0) is 29.6. The Labute approximate surface area is 263 Å². The molecule has 1 heterocycles. The molecule has 0 bridgehead atoms. The summed E-state index contributed by atoms with van der Waals surface area (Å²) in [5, 5.41) is 1.89. The van der Waals surface area contributed by atoms with E-state index < -0.39 is 0 Å². The number of aromatic nitrogens is 1. The molecule has 0 saturated carbocycles. The highest BCUT2D eigenvalue weighted by Gasteiger charge is 2.13. The standard InChI is InChI=1S/C35H24Cl2N2O3S/c36-28-14-6-23(7-15-28)21-41-30-18-19-31-32(20-30)43-35(38-31)39-34(42-22-24-8-16-29(37)17-9-24)27-12-10-26(11-13-27)33(40)25-4-2-1-3-5-25/h1-20H,21-22H2. The minimum Gasteiger partial charge on any atom is -0.489 e. The Morgan fingerprint density at radius 1 is 0.698 bits per heavy atom. The van der Waals surface area contributed by atoms with Crippen molar-refractivity contribution in [1.82, 2.24) is 4.98 Å². The van der Waals surface area contributed by atoms with Crippen LogP contribution in [0.5, 0.6) is 5.75 Å². The van der Waals surface area contributed by atoms with E-state index in [4.69, 9.17) is 42.7 Å². The van der Waals surface area contributed by atoms with Gasteiger partial charge in [0.15, 0.2) is 5.78 Å². The second kappa shape index (κ2) is 13.2. The first-order chi connectivity index (χ1) is 21.0. The first-order valence-electron chi connectivity index (χ1n) is 13.4. The molecule has 0 N–H and O–H groups in total. The fourth-order valence-corrected chi connectivity index (χ4v) is 5.41. The maximum Gasteiger partial charge on any atom is 0.223 e. The zero-order valence-corrected chi connectivity index (χ0v) is 25.1. The summed E-state index contributed by atoms with van der Waals surface area (Å²) in [4.78, 5) is 22.4. The van der Waals surface area contributed by atoms with Crippen molar-refractivity contribution in [3.63, 3.8) is 0 Å². The van der Waals surface area contributed by atoms with Gasteiger partial charge in [0.05, 0.1) is 10.2 Å². The lowest BCUT2D eigenvalue weighted by Crippen LogP contribution is -2.08. The van der Waals surface area contributed by atoms with Gasteiger partial charge in [-0.1, -0.05) is 101 Å². The predicted molar refractivity (Wildman–Crippen MR) is 174 cm³/mol. The van der Waals surface area contributed by atoms with Gasteiger partial charge >= 0.3 is 0 Å². The Balaban J connectivity index is 1.25. The minimum absolute atomic E-state index is 0.0482. The third-order valence-corrected chi connectivity index (χ3v) is 8.00. The van der Waals surface area contributed by atoms with Gasteiger partial charge in [0.2, 0.25) is 11.0 Å². The Kier molecular flexibility index (Phi) is 8.80. The molecule has 0 saturated heterocycles. The van der Waals surface area contributed by atoms with Gasteiger partial charge in [-0.3, -0.25) is 4.79 Å². The summed E-state index contributed by atoms with van der Waals surface area (Å²) in [6.45, 7) is 0.715. The number of halogens is 2. The molecular weight excluding hydrogens is 599 g/mol. The molecule has 0 aliphatic rings. The molecule has 0 aliphatic heterocycles. The van der Waals surface area contributed by atoms with Gasteiger partial charge < -0.3 is 9.47 Å². The fraction of sp³-hybridized carbons (Fsp3) is 0.0571. The first-order valence-corrected chi connectivity index (χ1v) is 15.0. The molecule has 212 valence electrons. The molecule has 0 atom stereocenters. The summed E-state index contributed by atoms with van der Waals surface area (Å²) in [7, 11) is 0. The second-order valence-corrected chi connectivity index (χ2v) is 11.5. The number of carbonyl (C=O) groups excluding carboxylic acids is 1. The topological polar surface area (TPSA) is 60.8 Å². The van der Waals surface area contributed by atoms with Gasteiger partial charge in [0.25, 0.3) is 0 Å². The van der Waals surface area contributed by atoms with Crippen LogP contribution in [0, 0.1) is 0 Å². The number of thiazole rings is 1. The normalized spacial score (nSPS) is 11.4. The van der Waals surface area contributed by atoms with Crippen molar-refractivity contribution in [2.75, 3.05) is 0 Å². The van der Waals surface area contributed by atoms with E-state index in [1.165, 1.54) is 11.3 Å². The quantitative estimate of drug-likeness (QED) is 0.0914. The monoisotopic (exact) mass is 622 g/mol. The number of hydrogen-bond acceptors (Lipinski definition) is 6. The Morgan fingerprint density at radius 2 is 1.30 bits per heavy atom. The first kappa shape index (κ1) is 28.6. The molecule has 43 heavy (non-hydrogen) atoms. The van der Waals surface area contributed by atoms with Crippen molar-refractivity contribution in [3.8, 4) is 5.75 Å². The molecule has 5 nitrogen and oxygen atoms in total. The maximum atomic E-state index is 12.9. The highest BCUT2D eigenvalue weighted by molar-refractivity contribution is 7.22. The summed E-state index contributed by atoms with van der Waals surface area (Å²) in [6.07, 6.45) is 0. The number of nitrogens with zero attached hydrogens (tertiary/aromatic N) is 2. The molecule has 0 radical (unpaired) electrons. The summed E-state index contributed by atoms with van der Waals surface area (Å²) < 4.78 is 13.1. The van der Waals surface area contributed by atoms with E-state index in [-0.39, 0.29) is 12.4 Å². The lowest BCUT2D eigenvalue weighted by atomic mass is 10.0. The van der Waals surface area contributed by atoms with E-state index in [2.05, 4.69) is 0 Å². The van der Waals surface area contributed by atoms with Crippen LogP contribution in [0.1, 0.15) is 32.6 Å². The van der Waals surface area contributed by atoms with Crippen LogP contribution in [0.15, 0.2) is 126 Å². The smallest absolute Gasteiger partial charge is 0.223 e. The van der Waals surface area contributed by atoms with Crippen molar-refractivity contribution >= 4 is 61.6 Å². The van der Waals surface area contributed by atoms with E-state index in [9.17, 15) is 4.79 Å². The predicted octanol–water partition coefficient (Wildman–Crippen LogP) is 9.71. The van der Waals surface area contributed by atoms with Crippen molar-refractivity contribution in [3.05, 3.63) is 159 Å². The molecule has 0 aliphatic carbocycles. The number of benzene rings is 5. The Bertz CT molecular complexity index is 1890. The van der Waals surface area contributed by atoms with E-state index in [1.54, 1.807) is 24.3 Å². The minimum atomic E-state index is -0.0482. The third-order valence-electron chi connectivity index (χ3n) is 6.58. The molecule has 0 spiro atoms. The largest absolute Gasteiger partial charge is 0.489 e. The van der Waals surface area contributed by atoms with Crippen molar-refractivity contribution in [1.29, 1.82) is 0 Å². The lowest BCUT2D eigenvalue weighted by Gasteiger charge is -2.10. The number of rotatable bonds is 9. The Morgan fingerprint density at radius 3 is 1.98 bits per heavy atom. The number of ether oxygens (including phenoxy) is 2. The van der Waals surface area contributed by atoms with Crippen LogP contribution in [0.3, 0.4) is 0 Å². The number of hydrogen-bond donors (Lipinski definition) is 0. The molecule has 5 aromatic carbocycles. The van der Waals surface area contributed by atoms with E-state index in [0.717, 1.165) is 32.7 Å². The summed E-state index contributed by atoms with van der Waals surface area (Å²) in [5.41, 5.74) is 4.72. The molecular formula is C35H24Cl2N2O3S. The van der Waals surface area contributed by atoms with Crippen LogP contribution in [0.4, 0.5) is 5.13 Å². The molecule has 0 amide bonds. The molecule has 6 rings (SSSR count). The lowest BCUT2D eigenvalue weighted by molar-refractivity contribution is 0.103. The highest BCUT2D eigenvalue weighted by atomic mass is 35.5.